The number of rotatable bonds is 1. The molecule has 0 unspecified atom stereocenters. The van der Waals surface area contributed by atoms with Gasteiger partial charge in [-0.25, -0.2) is 0 Å². The summed E-state index contributed by atoms with van der Waals surface area (Å²) in [5.74, 6) is 0.879. The van der Waals surface area contributed by atoms with E-state index in [2.05, 4.69) is 0 Å². The van der Waals surface area contributed by atoms with Crippen LogP contribution in [0.2, 0.25) is 0 Å². The highest BCUT2D eigenvalue weighted by Gasteiger charge is 2.32. The first-order valence-electron chi connectivity index (χ1n) is 5.03. The lowest BCUT2D eigenvalue weighted by molar-refractivity contribution is 0.0779. The highest BCUT2D eigenvalue weighted by atomic mass is 32.2. The quantitative estimate of drug-likeness (QED) is 0.794. The van der Waals surface area contributed by atoms with E-state index in [4.69, 9.17) is 4.74 Å². The Morgan fingerprint density at radius 1 is 1.33 bits per heavy atom. The molecule has 0 atom stereocenters. The van der Waals surface area contributed by atoms with Gasteiger partial charge < -0.3 is 9.84 Å². The van der Waals surface area contributed by atoms with Crippen molar-refractivity contribution in [3.8, 4) is 5.75 Å². The first-order chi connectivity index (χ1) is 6.78. The molecular weight excluding hydrogens is 208 g/mol. The van der Waals surface area contributed by atoms with Crippen molar-refractivity contribution in [1.29, 1.82) is 0 Å². The van der Waals surface area contributed by atoms with Gasteiger partial charge in [0, 0.05) is 0 Å². The predicted molar refractivity (Wildman–Crippen MR) is 62.3 cm³/mol. The minimum Gasteiger partial charge on any atom is -0.476 e. The van der Waals surface area contributed by atoms with Crippen molar-refractivity contribution in [2.24, 2.45) is 0 Å². The largest absolute Gasteiger partial charge is 0.476 e. The molecule has 15 heavy (non-hydrogen) atoms. The molecule has 0 aliphatic carbocycles. The summed E-state index contributed by atoms with van der Waals surface area (Å²) in [6.07, 6.45) is 0. The Morgan fingerprint density at radius 3 is 2.60 bits per heavy atom. The minimum atomic E-state index is -0.810. The normalized spacial score (nSPS) is 18.5. The molecule has 1 aliphatic rings. The molecule has 1 aromatic rings. The summed E-state index contributed by atoms with van der Waals surface area (Å²) in [5, 5.41) is 9.89. The van der Waals surface area contributed by atoms with Gasteiger partial charge in [0.05, 0.1) is 10.5 Å². The van der Waals surface area contributed by atoms with E-state index in [1.54, 1.807) is 25.6 Å². The molecule has 0 amide bonds. The van der Waals surface area contributed by atoms with Gasteiger partial charge in [-0.05, 0) is 45.4 Å². The van der Waals surface area contributed by atoms with Gasteiger partial charge in [0.1, 0.15) is 5.75 Å². The SMILES string of the molecule is CC1(C)Oc2cc(C(C)(C)O)ccc2S1. The summed E-state index contributed by atoms with van der Waals surface area (Å²) in [7, 11) is 0. The number of aliphatic hydroxyl groups is 1. The van der Waals surface area contributed by atoms with Crippen molar-refractivity contribution >= 4 is 11.8 Å². The summed E-state index contributed by atoms with van der Waals surface area (Å²) >= 11 is 1.71. The third-order valence-electron chi connectivity index (χ3n) is 2.36. The van der Waals surface area contributed by atoms with Gasteiger partial charge >= 0.3 is 0 Å². The third kappa shape index (κ3) is 2.13. The highest BCUT2D eigenvalue weighted by Crippen LogP contribution is 2.47. The topological polar surface area (TPSA) is 29.5 Å². The minimum absolute atomic E-state index is 0.194. The second-order valence-corrected chi connectivity index (χ2v) is 6.45. The maximum absolute atomic E-state index is 9.89. The number of hydrogen-bond acceptors (Lipinski definition) is 3. The lowest BCUT2D eigenvalue weighted by Gasteiger charge is -2.19. The fourth-order valence-electron chi connectivity index (χ4n) is 1.60. The van der Waals surface area contributed by atoms with E-state index in [1.165, 1.54) is 0 Å². The van der Waals surface area contributed by atoms with Gasteiger partial charge in [0.25, 0.3) is 0 Å². The lowest BCUT2D eigenvalue weighted by Crippen LogP contribution is -2.18. The molecule has 1 aliphatic heterocycles. The van der Waals surface area contributed by atoms with Crippen molar-refractivity contribution in [3.05, 3.63) is 23.8 Å². The maximum Gasteiger partial charge on any atom is 0.153 e. The van der Waals surface area contributed by atoms with Gasteiger partial charge in [-0.3, -0.25) is 0 Å². The molecule has 0 saturated carbocycles. The van der Waals surface area contributed by atoms with E-state index in [0.29, 0.717) is 0 Å². The van der Waals surface area contributed by atoms with Crippen LogP contribution in [0.3, 0.4) is 0 Å². The first-order valence-corrected chi connectivity index (χ1v) is 5.84. The van der Waals surface area contributed by atoms with Crippen LogP contribution in [0.4, 0.5) is 0 Å². The van der Waals surface area contributed by atoms with Crippen LogP contribution in [0.15, 0.2) is 23.1 Å². The molecule has 1 heterocycles. The first kappa shape index (κ1) is 10.8. The van der Waals surface area contributed by atoms with E-state index in [1.807, 2.05) is 32.0 Å². The number of benzene rings is 1. The predicted octanol–water partition coefficient (Wildman–Crippen LogP) is 3.13. The number of thioether (sulfide) groups is 1. The Kier molecular flexibility index (Phi) is 2.28. The Bertz CT molecular complexity index is 391. The molecule has 82 valence electrons. The van der Waals surface area contributed by atoms with Gasteiger partial charge in [-0.2, -0.15) is 0 Å². The van der Waals surface area contributed by atoms with Crippen LogP contribution in [0.25, 0.3) is 0 Å². The van der Waals surface area contributed by atoms with Gasteiger partial charge in [0.15, 0.2) is 4.93 Å². The van der Waals surface area contributed by atoms with Crippen molar-refractivity contribution in [2.75, 3.05) is 0 Å². The molecule has 0 saturated heterocycles. The van der Waals surface area contributed by atoms with Crippen molar-refractivity contribution in [3.63, 3.8) is 0 Å². The van der Waals surface area contributed by atoms with E-state index in [0.717, 1.165) is 16.2 Å². The van der Waals surface area contributed by atoms with Crippen molar-refractivity contribution in [2.45, 2.75) is 43.1 Å². The molecule has 1 N–H and O–H groups in total. The second kappa shape index (κ2) is 3.16. The summed E-state index contributed by atoms with van der Waals surface area (Å²) < 4.78 is 5.78. The average molecular weight is 224 g/mol. The third-order valence-corrected chi connectivity index (χ3v) is 3.49. The smallest absolute Gasteiger partial charge is 0.153 e. The molecular formula is C12H16O2S. The van der Waals surface area contributed by atoms with Crippen molar-refractivity contribution in [1.82, 2.24) is 0 Å². The Balaban J connectivity index is 2.39. The summed E-state index contributed by atoms with van der Waals surface area (Å²) in [5.41, 5.74) is 0.0787. The summed E-state index contributed by atoms with van der Waals surface area (Å²) in [6.45, 7) is 7.65. The van der Waals surface area contributed by atoms with E-state index < -0.39 is 5.60 Å². The zero-order chi connectivity index (χ0) is 11.3. The van der Waals surface area contributed by atoms with E-state index in [-0.39, 0.29) is 4.93 Å². The highest BCUT2D eigenvalue weighted by molar-refractivity contribution is 8.00. The molecule has 3 heteroatoms. The number of hydrogen-bond donors (Lipinski definition) is 1. The van der Waals surface area contributed by atoms with Crippen LogP contribution in [0.5, 0.6) is 5.75 Å². The molecule has 2 nitrogen and oxygen atoms in total. The molecule has 0 aromatic heterocycles. The Morgan fingerprint density at radius 2 is 2.00 bits per heavy atom. The zero-order valence-corrected chi connectivity index (χ0v) is 10.3. The Hall–Kier alpha value is -0.670. The number of fused-ring (bicyclic) bond motifs is 1. The molecule has 0 radical (unpaired) electrons. The second-order valence-electron chi connectivity index (χ2n) is 4.82. The van der Waals surface area contributed by atoms with Crippen LogP contribution >= 0.6 is 11.8 Å². The van der Waals surface area contributed by atoms with Crippen LogP contribution in [0, 0.1) is 0 Å². The van der Waals surface area contributed by atoms with Crippen molar-refractivity contribution < 1.29 is 9.84 Å². The Labute approximate surface area is 94.6 Å². The molecule has 0 bridgehead atoms. The number of ether oxygens (including phenoxy) is 1. The molecule has 2 rings (SSSR count). The molecule has 1 aromatic carbocycles. The van der Waals surface area contributed by atoms with Crippen LogP contribution in [-0.2, 0) is 5.60 Å². The van der Waals surface area contributed by atoms with Gasteiger partial charge in [-0.15, -0.1) is 0 Å². The van der Waals surface area contributed by atoms with E-state index in [9.17, 15) is 5.11 Å². The fraction of sp³-hybridized carbons (Fsp3) is 0.500. The summed E-state index contributed by atoms with van der Waals surface area (Å²) in [6, 6.07) is 5.90. The zero-order valence-electron chi connectivity index (χ0n) is 9.50. The fourth-order valence-corrected chi connectivity index (χ4v) is 2.60. The lowest BCUT2D eigenvalue weighted by atomic mass is 9.98. The van der Waals surface area contributed by atoms with Crippen LogP contribution in [-0.4, -0.2) is 10.0 Å². The molecule has 0 spiro atoms. The average Bonchev–Trinajstić information content (AvgIpc) is 2.34. The van der Waals surface area contributed by atoms with Crippen LogP contribution in [0.1, 0.15) is 33.3 Å². The monoisotopic (exact) mass is 224 g/mol. The standard InChI is InChI=1S/C12H16O2S/c1-11(2,13)8-5-6-10-9(7-8)14-12(3,4)15-10/h5-7,13H,1-4H3. The van der Waals surface area contributed by atoms with Gasteiger partial charge in [-0.1, -0.05) is 17.8 Å². The maximum atomic E-state index is 9.89. The van der Waals surface area contributed by atoms with Crippen LogP contribution < -0.4 is 4.74 Å². The summed E-state index contributed by atoms with van der Waals surface area (Å²) in [4.78, 5) is 0.952. The van der Waals surface area contributed by atoms with E-state index >= 15 is 0 Å². The molecule has 0 fully saturated rings. The van der Waals surface area contributed by atoms with Gasteiger partial charge in [0.2, 0.25) is 0 Å².